The van der Waals surface area contributed by atoms with E-state index in [1.54, 1.807) is 5.57 Å². The minimum absolute atomic E-state index is 0.277. The number of rotatable bonds is 5. The fourth-order valence-electron chi connectivity index (χ4n) is 2.69. The van der Waals surface area contributed by atoms with Crippen LogP contribution in [0.15, 0.2) is 11.1 Å². The summed E-state index contributed by atoms with van der Waals surface area (Å²) < 4.78 is 0. The number of hydrogen-bond donors (Lipinski definition) is 0. The summed E-state index contributed by atoms with van der Waals surface area (Å²) in [4.78, 5) is 2.58. The van der Waals surface area contributed by atoms with Gasteiger partial charge in [0.05, 0.1) is 0 Å². The first-order chi connectivity index (χ1) is 9.49. The quantitative estimate of drug-likeness (QED) is 0.494. The van der Waals surface area contributed by atoms with Crippen molar-refractivity contribution >= 4 is 0 Å². The Bertz CT molecular complexity index is 373. The summed E-state index contributed by atoms with van der Waals surface area (Å²) in [6.07, 6.45) is 8.62. The highest BCUT2D eigenvalue weighted by molar-refractivity contribution is 5.36. The van der Waals surface area contributed by atoms with Crippen molar-refractivity contribution in [3.63, 3.8) is 0 Å². The third-order valence-corrected chi connectivity index (χ3v) is 4.21. The van der Waals surface area contributed by atoms with Gasteiger partial charge in [-0.3, -0.25) is 4.90 Å². The Hall–Kier alpha value is -0.740. The van der Waals surface area contributed by atoms with E-state index in [2.05, 4.69) is 51.4 Å². The van der Waals surface area contributed by atoms with E-state index in [1.807, 2.05) is 0 Å². The molecule has 20 heavy (non-hydrogen) atoms. The average Bonchev–Trinajstić information content (AvgIpc) is 2.41. The highest BCUT2D eigenvalue weighted by Gasteiger charge is 2.25. The molecule has 1 nitrogen and oxygen atoms in total. The molecule has 0 saturated carbocycles. The Morgan fingerprint density at radius 1 is 1.10 bits per heavy atom. The molecule has 0 amide bonds. The largest absolute Gasteiger partial charge is 0.294 e. The Labute approximate surface area is 126 Å². The molecule has 0 aromatic carbocycles. The zero-order valence-corrected chi connectivity index (χ0v) is 14.3. The molecule has 1 rings (SSSR count). The topological polar surface area (TPSA) is 3.24 Å². The van der Waals surface area contributed by atoms with Crippen molar-refractivity contribution in [2.45, 2.75) is 85.1 Å². The van der Waals surface area contributed by atoms with Crippen LogP contribution in [0.2, 0.25) is 0 Å². The molecular weight excluding hydrogens is 242 g/mol. The molecule has 1 heteroatoms. The molecule has 1 aliphatic rings. The van der Waals surface area contributed by atoms with E-state index in [1.165, 1.54) is 31.3 Å². The lowest BCUT2D eigenvalue weighted by molar-refractivity contribution is 0.144. The zero-order chi connectivity index (χ0) is 15.0. The Morgan fingerprint density at radius 3 is 2.45 bits per heavy atom. The summed E-state index contributed by atoms with van der Waals surface area (Å²) >= 11 is 0. The first-order valence-corrected chi connectivity index (χ1v) is 8.43. The minimum Gasteiger partial charge on any atom is -0.294 e. The van der Waals surface area contributed by atoms with E-state index in [0.717, 1.165) is 32.4 Å². The Morgan fingerprint density at radius 2 is 1.85 bits per heavy atom. The van der Waals surface area contributed by atoms with Gasteiger partial charge in [-0.05, 0) is 45.6 Å². The summed E-state index contributed by atoms with van der Waals surface area (Å²) in [5.41, 5.74) is 3.27. The maximum absolute atomic E-state index is 3.47. The molecule has 0 N–H and O–H groups in total. The van der Waals surface area contributed by atoms with Crippen molar-refractivity contribution in [3.8, 4) is 11.8 Å². The van der Waals surface area contributed by atoms with Crippen molar-refractivity contribution in [3.05, 3.63) is 11.1 Å². The molecule has 0 aromatic heterocycles. The van der Waals surface area contributed by atoms with Gasteiger partial charge in [-0.25, -0.2) is 0 Å². The lowest BCUT2D eigenvalue weighted by Crippen LogP contribution is -2.45. The summed E-state index contributed by atoms with van der Waals surface area (Å²) in [5.74, 6) is 6.88. The van der Waals surface area contributed by atoms with E-state index in [-0.39, 0.29) is 5.54 Å². The van der Waals surface area contributed by atoms with Crippen LogP contribution in [-0.2, 0) is 0 Å². The van der Waals surface area contributed by atoms with Gasteiger partial charge in [0.2, 0.25) is 0 Å². The SMILES string of the molecule is CCCCCCC#CC1=C(CC)CN(C(C)(C)C)CC1. The normalized spacial score (nSPS) is 17.1. The first-order valence-electron chi connectivity index (χ1n) is 8.43. The maximum Gasteiger partial charge on any atom is 0.0210 e. The second-order valence-corrected chi connectivity index (χ2v) is 6.89. The van der Waals surface area contributed by atoms with Crippen LogP contribution in [0.3, 0.4) is 0 Å². The van der Waals surface area contributed by atoms with Crippen LogP contribution in [0.1, 0.15) is 79.6 Å². The standard InChI is InChI=1S/C19H33N/c1-6-8-9-10-11-12-13-18-14-15-20(19(3,4)5)16-17(18)7-2/h6-11,14-16H2,1-5H3. The van der Waals surface area contributed by atoms with E-state index in [9.17, 15) is 0 Å². The predicted molar refractivity (Wildman–Crippen MR) is 89.8 cm³/mol. The molecule has 1 heterocycles. The number of nitrogens with zero attached hydrogens (tertiary/aromatic N) is 1. The lowest BCUT2D eigenvalue weighted by atomic mass is 9.94. The van der Waals surface area contributed by atoms with E-state index < -0.39 is 0 Å². The molecule has 0 fully saturated rings. The molecule has 0 aliphatic carbocycles. The molecule has 0 radical (unpaired) electrons. The minimum atomic E-state index is 0.277. The fourth-order valence-corrected chi connectivity index (χ4v) is 2.69. The van der Waals surface area contributed by atoms with Crippen molar-refractivity contribution in [1.82, 2.24) is 4.90 Å². The van der Waals surface area contributed by atoms with Gasteiger partial charge in [-0.2, -0.15) is 0 Å². The van der Waals surface area contributed by atoms with Crippen molar-refractivity contribution in [2.24, 2.45) is 0 Å². The molecular formula is C19H33N. The maximum atomic E-state index is 3.47. The predicted octanol–water partition coefficient (Wildman–Crippen LogP) is 5.17. The molecule has 0 atom stereocenters. The fraction of sp³-hybridized carbons (Fsp3) is 0.789. The molecule has 1 aliphatic heterocycles. The highest BCUT2D eigenvalue weighted by Crippen LogP contribution is 2.25. The van der Waals surface area contributed by atoms with Crippen LogP contribution < -0.4 is 0 Å². The van der Waals surface area contributed by atoms with Gasteiger partial charge in [-0.1, -0.05) is 45.0 Å². The summed E-state index contributed by atoms with van der Waals surface area (Å²) in [6.45, 7) is 13.7. The van der Waals surface area contributed by atoms with Gasteiger partial charge in [-0.15, -0.1) is 0 Å². The molecule has 0 aromatic rings. The van der Waals surface area contributed by atoms with Crippen LogP contribution in [0, 0.1) is 11.8 Å². The van der Waals surface area contributed by atoms with Crippen LogP contribution >= 0.6 is 0 Å². The third kappa shape index (κ3) is 5.71. The van der Waals surface area contributed by atoms with Crippen molar-refractivity contribution < 1.29 is 0 Å². The third-order valence-electron chi connectivity index (χ3n) is 4.21. The Kier molecular flexibility index (Phi) is 7.38. The summed E-state index contributed by atoms with van der Waals surface area (Å²) in [7, 11) is 0. The van der Waals surface area contributed by atoms with E-state index in [4.69, 9.17) is 0 Å². The Balaban J connectivity index is 2.56. The van der Waals surface area contributed by atoms with Gasteiger partial charge < -0.3 is 0 Å². The van der Waals surface area contributed by atoms with Gasteiger partial charge >= 0.3 is 0 Å². The zero-order valence-electron chi connectivity index (χ0n) is 14.3. The van der Waals surface area contributed by atoms with Crippen LogP contribution in [-0.4, -0.2) is 23.5 Å². The van der Waals surface area contributed by atoms with Crippen LogP contribution in [0.5, 0.6) is 0 Å². The molecule has 114 valence electrons. The van der Waals surface area contributed by atoms with Gasteiger partial charge in [0.1, 0.15) is 0 Å². The van der Waals surface area contributed by atoms with E-state index >= 15 is 0 Å². The first kappa shape index (κ1) is 17.3. The smallest absolute Gasteiger partial charge is 0.0210 e. The van der Waals surface area contributed by atoms with Crippen molar-refractivity contribution in [1.29, 1.82) is 0 Å². The summed E-state index contributed by atoms with van der Waals surface area (Å²) in [5, 5.41) is 0. The molecule has 0 spiro atoms. The van der Waals surface area contributed by atoms with Crippen molar-refractivity contribution in [2.75, 3.05) is 13.1 Å². The van der Waals surface area contributed by atoms with Gasteiger partial charge in [0.25, 0.3) is 0 Å². The number of unbranched alkanes of at least 4 members (excludes halogenated alkanes) is 4. The van der Waals surface area contributed by atoms with E-state index in [0.29, 0.717) is 0 Å². The van der Waals surface area contributed by atoms with Crippen LogP contribution in [0.4, 0.5) is 0 Å². The summed E-state index contributed by atoms with van der Waals surface area (Å²) in [6, 6.07) is 0. The average molecular weight is 275 g/mol. The molecule has 0 bridgehead atoms. The van der Waals surface area contributed by atoms with Gasteiger partial charge in [0.15, 0.2) is 0 Å². The second kappa shape index (κ2) is 8.53. The monoisotopic (exact) mass is 275 g/mol. The number of hydrogen-bond acceptors (Lipinski definition) is 1. The molecule has 0 unspecified atom stereocenters. The lowest BCUT2D eigenvalue weighted by Gasteiger charge is -2.39. The van der Waals surface area contributed by atoms with Crippen LogP contribution in [0.25, 0.3) is 0 Å². The highest BCUT2D eigenvalue weighted by atomic mass is 15.2. The second-order valence-electron chi connectivity index (χ2n) is 6.89. The van der Waals surface area contributed by atoms with Gasteiger partial charge in [0, 0.05) is 30.6 Å². The molecule has 0 saturated heterocycles.